The normalized spacial score (nSPS) is 24.3. The Labute approximate surface area is 161 Å². The Morgan fingerprint density at radius 1 is 1.26 bits per heavy atom. The summed E-state index contributed by atoms with van der Waals surface area (Å²) in [6.07, 6.45) is 0.932. The van der Waals surface area contributed by atoms with Gasteiger partial charge in [0.05, 0.1) is 18.1 Å². The van der Waals surface area contributed by atoms with Gasteiger partial charge in [-0.1, -0.05) is 13.0 Å². The lowest BCUT2D eigenvalue weighted by atomic mass is 10.1. The second-order valence-electron chi connectivity index (χ2n) is 7.22. The smallest absolute Gasteiger partial charge is 0.254 e. The highest BCUT2D eigenvalue weighted by Gasteiger charge is 2.38. The van der Waals surface area contributed by atoms with E-state index in [0.29, 0.717) is 24.7 Å². The van der Waals surface area contributed by atoms with Crippen molar-refractivity contribution in [3.8, 4) is 0 Å². The van der Waals surface area contributed by atoms with Crippen LogP contribution in [0.2, 0.25) is 0 Å². The number of rotatable bonds is 5. The van der Waals surface area contributed by atoms with Crippen molar-refractivity contribution >= 4 is 15.9 Å². The molecule has 0 saturated carbocycles. The van der Waals surface area contributed by atoms with Crippen LogP contribution in [0.1, 0.15) is 36.2 Å². The fourth-order valence-corrected chi connectivity index (χ4v) is 5.10. The summed E-state index contributed by atoms with van der Waals surface area (Å²) in [5.74, 6) is -0.0932. The maximum absolute atomic E-state index is 13.2. The first-order valence-electron chi connectivity index (χ1n) is 9.58. The van der Waals surface area contributed by atoms with Crippen LogP contribution in [0.15, 0.2) is 23.1 Å². The standard InChI is InChI=1S/C19H29N3O4S/c1-4-20-27(24,25)16-6-5-14(2)17(13-16)19(23)22-8-7-18(15(22)3)21-9-11-26-12-10-21/h5-6,13,15,18,20H,4,7-12H2,1-3H3/t15-,18-/m1/s1. The van der Waals surface area contributed by atoms with Gasteiger partial charge in [0.15, 0.2) is 0 Å². The Kier molecular flexibility index (Phi) is 6.20. The minimum absolute atomic E-state index is 0.0871. The molecule has 3 rings (SSSR count). The third-order valence-electron chi connectivity index (χ3n) is 5.57. The summed E-state index contributed by atoms with van der Waals surface area (Å²) in [4.78, 5) is 17.6. The highest BCUT2D eigenvalue weighted by Crippen LogP contribution is 2.27. The summed E-state index contributed by atoms with van der Waals surface area (Å²) in [5.41, 5.74) is 1.25. The number of carbonyl (C=O) groups excluding carboxylic acids is 1. The molecular weight excluding hydrogens is 366 g/mol. The molecule has 27 heavy (non-hydrogen) atoms. The summed E-state index contributed by atoms with van der Waals surface area (Å²) in [7, 11) is -3.59. The molecule has 150 valence electrons. The first-order chi connectivity index (χ1) is 12.8. The van der Waals surface area contributed by atoms with Gasteiger partial charge in [0.1, 0.15) is 0 Å². The summed E-state index contributed by atoms with van der Waals surface area (Å²) in [6.45, 7) is 9.92. The minimum atomic E-state index is -3.59. The molecule has 1 aromatic rings. The lowest BCUT2D eigenvalue weighted by molar-refractivity contribution is 0.0104. The third kappa shape index (κ3) is 4.18. The first kappa shape index (κ1) is 20.3. The summed E-state index contributed by atoms with van der Waals surface area (Å²) in [5, 5.41) is 0. The minimum Gasteiger partial charge on any atom is -0.379 e. The number of morpholine rings is 1. The largest absolute Gasteiger partial charge is 0.379 e. The zero-order valence-corrected chi connectivity index (χ0v) is 17.1. The molecule has 7 nitrogen and oxygen atoms in total. The molecule has 8 heteroatoms. The number of nitrogens with zero attached hydrogens (tertiary/aromatic N) is 2. The van der Waals surface area contributed by atoms with Gasteiger partial charge in [-0.25, -0.2) is 13.1 Å². The SMILES string of the molecule is CCNS(=O)(=O)c1ccc(C)c(C(=O)N2CC[C@@H](N3CCOCC3)[C@H]2C)c1. The predicted octanol–water partition coefficient (Wildman–Crippen LogP) is 1.23. The van der Waals surface area contributed by atoms with Crippen LogP contribution >= 0.6 is 0 Å². The van der Waals surface area contributed by atoms with E-state index in [0.717, 1.165) is 38.3 Å². The molecule has 2 atom stereocenters. The Bertz CT molecular complexity index is 790. The number of nitrogens with one attached hydrogen (secondary N) is 1. The lowest BCUT2D eigenvalue weighted by Gasteiger charge is -2.35. The number of amides is 1. The van der Waals surface area contributed by atoms with Crippen molar-refractivity contribution in [3.05, 3.63) is 29.3 Å². The number of likely N-dealkylation sites (tertiary alicyclic amines) is 1. The molecular formula is C19H29N3O4S. The second-order valence-corrected chi connectivity index (χ2v) is 8.99. The molecule has 2 aliphatic rings. The van der Waals surface area contributed by atoms with Crippen LogP contribution in [0.3, 0.4) is 0 Å². The van der Waals surface area contributed by atoms with Crippen LogP contribution in [0.4, 0.5) is 0 Å². The number of sulfonamides is 1. The number of hydrogen-bond donors (Lipinski definition) is 1. The number of ether oxygens (including phenoxy) is 1. The van der Waals surface area contributed by atoms with Crippen molar-refractivity contribution < 1.29 is 17.9 Å². The van der Waals surface area contributed by atoms with Crippen molar-refractivity contribution in [2.24, 2.45) is 0 Å². The molecule has 1 N–H and O–H groups in total. The molecule has 0 aromatic heterocycles. The molecule has 0 radical (unpaired) electrons. The highest BCUT2D eigenvalue weighted by atomic mass is 32.2. The average molecular weight is 396 g/mol. The summed E-state index contributed by atoms with van der Waals surface area (Å²) in [6, 6.07) is 5.17. The van der Waals surface area contributed by atoms with Crippen LogP contribution in [-0.2, 0) is 14.8 Å². The van der Waals surface area contributed by atoms with Gasteiger partial charge in [0.25, 0.3) is 5.91 Å². The molecule has 2 heterocycles. The van der Waals surface area contributed by atoms with Crippen LogP contribution < -0.4 is 4.72 Å². The molecule has 0 spiro atoms. The van der Waals surface area contributed by atoms with Crippen molar-refractivity contribution in [3.63, 3.8) is 0 Å². The van der Waals surface area contributed by atoms with Crippen LogP contribution in [0.25, 0.3) is 0 Å². The van der Waals surface area contributed by atoms with Crippen LogP contribution in [-0.4, -0.2) is 75.6 Å². The highest BCUT2D eigenvalue weighted by molar-refractivity contribution is 7.89. The maximum Gasteiger partial charge on any atom is 0.254 e. The van der Waals surface area contributed by atoms with Gasteiger partial charge in [-0.2, -0.15) is 0 Å². The fraction of sp³-hybridized carbons (Fsp3) is 0.632. The number of carbonyl (C=O) groups is 1. The molecule has 0 aliphatic carbocycles. The van der Waals surface area contributed by atoms with E-state index in [1.54, 1.807) is 19.1 Å². The molecule has 0 unspecified atom stereocenters. The first-order valence-corrected chi connectivity index (χ1v) is 11.1. The summed E-state index contributed by atoms with van der Waals surface area (Å²) >= 11 is 0. The van der Waals surface area contributed by atoms with Gasteiger partial charge in [-0.15, -0.1) is 0 Å². The van der Waals surface area contributed by atoms with Gasteiger partial charge in [0, 0.05) is 43.8 Å². The van der Waals surface area contributed by atoms with Gasteiger partial charge < -0.3 is 9.64 Å². The van der Waals surface area contributed by atoms with Crippen molar-refractivity contribution in [1.29, 1.82) is 0 Å². The van der Waals surface area contributed by atoms with Crippen LogP contribution in [0, 0.1) is 6.92 Å². The van der Waals surface area contributed by atoms with E-state index >= 15 is 0 Å². The van der Waals surface area contributed by atoms with E-state index in [4.69, 9.17) is 4.74 Å². The maximum atomic E-state index is 13.2. The Hall–Kier alpha value is -1.48. The predicted molar refractivity (Wildman–Crippen MR) is 103 cm³/mol. The molecule has 2 aliphatic heterocycles. The Morgan fingerprint density at radius 2 is 1.96 bits per heavy atom. The van der Waals surface area contributed by atoms with Crippen molar-refractivity contribution in [1.82, 2.24) is 14.5 Å². The molecule has 0 bridgehead atoms. The molecule has 2 fully saturated rings. The Morgan fingerprint density at radius 3 is 2.63 bits per heavy atom. The van der Waals surface area contributed by atoms with E-state index in [2.05, 4.69) is 16.5 Å². The van der Waals surface area contributed by atoms with E-state index in [9.17, 15) is 13.2 Å². The van der Waals surface area contributed by atoms with E-state index < -0.39 is 10.0 Å². The van der Waals surface area contributed by atoms with Crippen molar-refractivity contribution in [2.75, 3.05) is 39.4 Å². The third-order valence-corrected chi connectivity index (χ3v) is 7.12. The fourth-order valence-electron chi connectivity index (χ4n) is 4.03. The van der Waals surface area contributed by atoms with Crippen LogP contribution in [0.5, 0.6) is 0 Å². The van der Waals surface area contributed by atoms with Crippen molar-refractivity contribution in [2.45, 2.75) is 44.2 Å². The average Bonchev–Trinajstić information content (AvgIpc) is 3.03. The number of hydrogen-bond acceptors (Lipinski definition) is 5. The Balaban J connectivity index is 1.81. The van der Waals surface area contributed by atoms with Gasteiger partial charge in [-0.05, 0) is 38.0 Å². The topological polar surface area (TPSA) is 79.0 Å². The van der Waals surface area contributed by atoms with Gasteiger partial charge >= 0.3 is 0 Å². The monoisotopic (exact) mass is 395 g/mol. The zero-order chi connectivity index (χ0) is 19.6. The van der Waals surface area contributed by atoms with Gasteiger partial charge in [0.2, 0.25) is 10.0 Å². The molecule has 2 saturated heterocycles. The number of aryl methyl sites for hydroxylation is 1. The van der Waals surface area contributed by atoms with E-state index in [1.807, 2.05) is 11.8 Å². The van der Waals surface area contributed by atoms with E-state index in [-0.39, 0.29) is 16.8 Å². The zero-order valence-electron chi connectivity index (χ0n) is 16.3. The summed E-state index contributed by atoms with van der Waals surface area (Å²) < 4.78 is 32.5. The van der Waals surface area contributed by atoms with Gasteiger partial charge in [-0.3, -0.25) is 9.69 Å². The second kappa shape index (κ2) is 8.26. The van der Waals surface area contributed by atoms with E-state index in [1.165, 1.54) is 6.07 Å². The number of benzene rings is 1. The molecule has 1 aromatic carbocycles. The quantitative estimate of drug-likeness (QED) is 0.811. The lowest BCUT2D eigenvalue weighted by Crippen LogP contribution is -2.49. The molecule has 1 amide bonds.